The Morgan fingerprint density at radius 2 is 2.30 bits per heavy atom. The molecule has 20 heavy (non-hydrogen) atoms. The van der Waals surface area contributed by atoms with Crippen molar-refractivity contribution in [2.45, 2.75) is 32.2 Å². The van der Waals surface area contributed by atoms with Crippen molar-refractivity contribution >= 4 is 23.3 Å². The third kappa shape index (κ3) is 3.44. The van der Waals surface area contributed by atoms with Crippen molar-refractivity contribution < 1.29 is 9.53 Å². The summed E-state index contributed by atoms with van der Waals surface area (Å²) in [5, 5.41) is 3.50. The molecule has 1 unspecified atom stereocenters. The number of halogens is 1. The smallest absolute Gasteiger partial charge is 0.322 e. The van der Waals surface area contributed by atoms with Crippen molar-refractivity contribution in [2.24, 2.45) is 0 Å². The molecule has 1 atom stereocenters. The second-order valence-electron chi connectivity index (χ2n) is 5.16. The predicted molar refractivity (Wildman–Crippen MR) is 81.4 cm³/mol. The van der Waals surface area contributed by atoms with Gasteiger partial charge in [-0.2, -0.15) is 0 Å². The number of nitrogens with one attached hydrogen (secondary N) is 1. The Kier molecular flexibility index (Phi) is 5.26. The number of likely N-dealkylation sites (tertiary alicyclic amines) is 1. The van der Waals surface area contributed by atoms with Gasteiger partial charge in [0.15, 0.2) is 0 Å². The Morgan fingerprint density at radius 1 is 1.50 bits per heavy atom. The van der Waals surface area contributed by atoms with Crippen LogP contribution >= 0.6 is 11.6 Å². The lowest BCUT2D eigenvalue weighted by molar-refractivity contribution is 0.0878. The van der Waals surface area contributed by atoms with Gasteiger partial charge in [-0.1, -0.05) is 23.7 Å². The highest BCUT2D eigenvalue weighted by Gasteiger charge is 2.27. The second kappa shape index (κ2) is 6.95. The summed E-state index contributed by atoms with van der Waals surface area (Å²) < 4.78 is 5.21. The Hall–Kier alpha value is -1.26. The van der Waals surface area contributed by atoms with Gasteiger partial charge in [-0.05, 0) is 37.8 Å². The summed E-state index contributed by atoms with van der Waals surface area (Å²) in [7, 11) is 1.67. The number of benzene rings is 1. The Labute approximate surface area is 125 Å². The van der Waals surface area contributed by atoms with Gasteiger partial charge in [0.1, 0.15) is 0 Å². The van der Waals surface area contributed by atoms with Crippen molar-refractivity contribution in [2.75, 3.05) is 25.6 Å². The van der Waals surface area contributed by atoms with Gasteiger partial charge < -0.3 is 15.0 Å². The monoisotopic (exact) mass is 296 g/mol. The number of methoxy groups -OCH3 is 1. The topological polar surface area (TPSA) is 41.6 Å². The number of anilines is 1. The standard InChI is InChI=1S/C15H21ClN2O2/c1-11-6-5-8-13(16)14(11)17-15(19)18-9-4-3-7-12(18)10-20-2/h5-6,8,12H,3-4,7,9-10H2,1-2H3,(H,17,19). The average Bonchev–Trinajstić information content (AvgIpc) is 2.44. The first-order valence-corrected chi connectivity index (χ1v) is 7.33. The first kappa shape index (κ1) is 15.1. The van der Waals surface area contributed by atoms with Gasteiger partial charge in [-0.3, -0.25) is 0 Å². The number of nitrogens with zero attached hydrogens (tertiary/aromatic N) is 1. The first-order chi connectivity index (χ1) is 9.63. The minimum absolute atomic E-state index is 0.0945. The van der Waals surface area contributed by atoms with E-state index >= 15 is 0 Å². The summed E-state index contributed by atoms with van der Waals surface area (Å²) in [6.45, 7) is 3.28. The van der Waals surface area contributed by atoms with Crippen LogP contribution in [-0.2, 0) is 4.74 Å². The second-order valence-corrected chi connectivity index (χ2v) is 5.57. The number of carbonyl (C=O) groups excluding carboxylic acids is 1. The molecule has 1 saturated heterocycles. The summed E-state index contributed by atoms with van der Waals surface area (Å²) >= 11 is 6.15. The number of carbonyl (C=O) groups is 1. The predicted octanol–water partition coefficient (Wildman–Crippen LogP) is 3.68. The van der Waals surface area contributed by atoms with Crippen LogP contribution in [0.1, 0.15) is 24.8 Å². The molecule has 110 valence electrons. The number of aryl methyl sites for hydroxylation is 1. The molecule has 1 aromatic rings. The van der Waals surface area contributed by atoms with Gasteiger partial charge in [-0.15, -0.1) is 0 Å². The Morgan fingerprint density at radius 3 is 3.00 bits per heavy atom. The summed E-state index contributed by atoms with van der Waals surface area (Å²) in [4.78, 5) is 14.3. The molecule has 1 aromatic carbocycles. The van der Waals surface area contributed by atoms with Gasteiger partial charge in [0.2, 0.25) is 0 Å². The van der Waals surface area contributed by atoms with Crippen molar-refractivity contribution in [3.8, 4) is 0 Å². The van der Waals surface area contributed by atoms with E-state index in [-0.39, 0.29) is 12.1 Å². The number of para-hydroxylation sites is 1. The van der Waals surface area contributed by atoms with E-state index in [1.165, 1.54) is 0 Å². The van der Waals surface area contributed by atoms with E-state index in [0.717, 1.165) is 31.4 Å². The van der Waals surface area contributed by atoms with Crippen molar-refractivity contribution in [1.29, 1.82) is 0 Å². The molecule has 1 aliphatic rings. The number of rotatable bonds is 3. The van der Waals surface area contributed by atoms with Crippen LogP contribution in [0.3, 0.4) is 0 Å². The molecule has 5 heteroatoms. The lowest BCUT2D eigenvalue weighted by Gasteiger charge is -2.35. The van der Waals surface area contributed by atoms with Gasteiger partial charge in [-0.25, -0.2) is 4.79 Å². The minimum Gasteiger partial charge on any atom is -0.383 e. The van der Waals surface area contributed by atoms with Crippen molar-refractivity contribution in [3.05, 3.63) is 28.8 Å². The van der Waals surface area contributed by atoms with Gasteiger partial charge in [0, 0.05) is 13.7 Å². The molecular formula is C15H21ClN2O2. The normalized spacial score (nSPS) is 18.9. The van der Waals surface area contributed by atoms with E-state index in [1.54, 1.807) is 13.2 Å². The molecule has 0 spiro atoms. The molecule has 2 amide bonds. The van der Waals surface area contributed by atoms with Crippen LogP contribution in [0.4, 0.5) is 10.5 Å². The number of hydrogen-bond donors (Lipinski definition) is 1. The summed E-state index contributed by atoms with van der Waals surface area (Å²) in [5.41, 5.74) is 1.66. The third-order valence-corrected chi connectivity index (χ3v) is 4.02. The molecule has 1 fully saturated rings. The fourth-order valence-electron chi connectivity index (χ4n) is 2.60. The number of hydrogen-bond acceptors (Lipinski definition) is 2. The summed E-state index contributed by atoms with van der Waals surface area (Å²) in [5.74, 6) is 0. The minimum atomic E-state index is -0.0945. The molecule has 4 nitrogen and oxygen atoms in total. The fourth-order valence-corrected chi connectivity index (χ4v) is 2.87. The number of ether oxygens (including phenoxy) is 1. The Balaban J connectivity index is 2.10. The molecule has 2 rings (SSSR count). The van der Waals surface area contributed by atoms with E-state index < -0.39 is 0 Å². The van der Waals surface area contributed by atoms with Crippen LogP contribution in [0, 0.1) is 6.92 Å². The zero-order valence-corrected chi connectivity index (χ0v) is 12.7. The van der Waals surface area contributed by atoms with Crippen LogP contribution in [0.2, 0.25) is 5.02 Å². The zero-order valence-electron chi connectivity index (χ0n) is 12.0. The van der Waals surface area contributed by atoms with Gasteiger partial charge in [0.25, 0.3) is 0 Å². The highest BCUT2D eigenvalue weighted by molar-refractivity contribution is 6.33. The quantitative estimate of drug-likeness (QED) is 0.924. The molecule has 1 N–H and O–H groups in total. The average molecular weight is 297 g/mol. The number of amides is 2. The largest absolute Gasteiger partial charge is 0.383 e. The molecule has 0 aliphatic carbocycles. The SMILES string of the molecule is COCC1CCCCN1C(=O)Nc1c(C)cccc1Cl. The maximum atomic E-state index is 12.5. The highest BCUT2D eigenvalue weighted by Crippen LogP contribution is 2.26. The molecule has 1 heterocycles. The van der Waals surface area contributed by atoms with E-state index in [9.17, 15) is 4.79 Å². The zero-order chi connectivity index (χ0) is 14.5. The fraction of sp³-hybridized carbons (Fsp3) is 0.533. The number of piperidine rings is 1. The lowest BCUT2D eigenvalue weighted by atomic mass is 10.0. The summed E-state index contributed by atoms with van der Waals surface area (Å²) in [6.07, 6.45) is 3.17. The molecule has 1 aliphatic heterocycles. The highest BCUT2D eigenvalue weighted by atomic mass is 35.5. The van der Waals surface area contributed by atoms with Gasteiger partial charge >= 0.3 is 6.03 Å². The first-order valence-electron chi connectivity index (χ1n) is 6.95. The van der Waals surface area contributed by atoms with Crippen LogP contribution < -0.4 is 5.32 Å². The lowest BCUT2D eigenvalue weighted by Crippen LogP contribution is -2.48. The van der Waals surface area contributed by atoms with Crippen LogP contribution in [0.25, 0.3) is 0 Å². The molecule has 0 bridgehead atoms. The van der Waals surface area contributed by atoms with E-state index in [2.05, 4.69) is 5.32 Å². The van der Waals surface area contributed by atoms with Crippen LogP contribution in [-0.4, -0.2) is 37.2 Å². The maximum absolute atomic E-state index is 12.5. The van der Waals surface area contributed by atoms with E-state index in [0.29, 0.717) is 17.3 Å². The van der Waals surface area contributed by atoms with Crippen LogP contribution in [0.15, 0.2) is 18.2 Å². The Bertz CT molecular complexity index is 457. The third-order valence-electron chi connectivity index (χ3n) is 3.70. The van der Waals surface area contributed by atoms with E-state index in [4.69, 9.17) is 16.3 Å². The molecule has 0 aromatic heterocycles. The summed E-state index contributed by atoms with van der Waals surface area (Å²) in [6, 6.07) is 5.65. The molecule has 0 saturated carbocycles. The molecular weight excluding hydrogens is 276 g/mol. The maximum Gasteiger partial charge on any atom is 0.322 e. The number of urea groups is 1. The molecule has 0 radical (unpaired) electrons. The van der Waals surface area contributed by atoms with Crippen molar-refractivity contribution in [3.63, 3.8) is 0 Å². The van der Waals surface area contributed by atoms with Crippen molar-refractivity contribution in [1.82, 2.24) is 4.90 Å². The van der Waals surface area contributed by atoms with Gasteiger partial charge in [0.05, 0.1) is 23.4 Å². The van der Waals surface area contributed by atoms with E-state index in [1.807, 2.05) is 24.0 Å². The van der Waals surface area contributed by atoms with Crippen LogP contribution in [0.5, 0.6) is 0 Å².